The number of hydrogen-bond donors (Lipinski definition) is 2. The maximum atomic E-state index is 11.4. The molecule has 0 saturated heterocycles. The second-order valence-corrected chi connectivity index (χ2v) is 6.79. The van der Waals surface area contributed by atoms with Crippen molar-refractivity contribution < 1.29 is 15.0 Å². The molecule has 152 valence electrons. The summed E-state index contributed by atoms with van der Waals surface area (Å²) in [6, 6.07) is 14.8. The first-order chi connectivity index (χ1) is 13.5. The van der Waals surface area contributed by atoms with Crippen molar-refractivity contribution in [1.29, 1.82) is 0 Å². The summed E-state index contributed by atoms with van der Waals surface area (Å²) in [5.74, 6) is 0. The van der Waals surface area contributed by atoms with E-state index in [-0.39, 0.29) is 0 Å². The van der Waals surface area contributed by atoms with E-state index in [1.807, 2.05) is 24.3 Å². The first-order valence-electron chi connectivity index (χ1n) is 10.0. The predicted molar refractivity (Wildman–Crippen MR) is 115 cm³/mol. The molecule has 2 N–H and O–H groups in total. The van der Waals surface area contributed by atoms with Crippen LogP contribution < -0.4 is 9.80 Å². The number of anilines is 2. The molecule has 0 bridgehead atoms. The van der Waals surface area contributed by atoms with Crippen LogP contribution in [0.2, 0.25) is 0 Å². The molecule has 28 heavy (non-hydrogen) atoms. The quantitative estimate of drug-likeness (QED) is 0.616. The number of aldehydes is 1. The van der Waals surface area contributed by atoms with Gasteiger partial charge in [-0.25, -0.2) is 0 Å². The molecule has 2 aromatic rings. The van der Waals surface area contributed by atoms with Crippen molar-refractivity contribution in [2.24, 2.45) is 0 Å². The van der Waals surface area contributed by atoms with Gasteiger partial charge in [-0.1, -0.05) is 24.3 Å². The lowest BCUT2D eigenvalue weighted by molar-refractivity contribution is -0.127. The van der Waals surface area contributed by atoms with Gasteiger partial charge in [0, 0.05) is 37.6 Å². The molecule has 0 heterocycles. The fraction of sp³-hybridized carbons (Fsp3) is 0.435. The Morgan fingerprint density at radius 2 is 1.11 bits per heavy atom. The van der Waals surface area contributed by atoms with E-state index in [9.17, 15) is 15.0 Å². The molecule has 0 spiro atoms. The monoisotopic (exact) mass is 384 g/mol. The standard InChI is InChI=1S/C23H32N2O3/c1-5-24(6-2)20-13-9-18(10-14-20)23(28,22(27)17-26)19-11-15-21(16-12-19)25(7-3)8-4/h9-17,22,27-28H,5-8H2,1-4H3. The molecular formula is C23H32N2O3. The fourth-order valence-electron chi connectivity index (χ4n) is 3.64. The fourth-order valence-corrected chi connectivity index (χ4v) is 3.64. The molecule has 0 saturated carbocycles. The van der Waals surface area contributed by atoms with Crippen molar-refractivity contribution in [2.45, 2.75) is 39.4 Å². The summed E-state index contributed by atoms with van der Waals surface area (Å²) in [4.78, 5) is 15.8. The highest BCUT2D eigenvalue weighted by Crippen LogP contribution is 2.34. The topological polar surface area (TPSA) is 64.0 Å². The Bertz CT molecular complexity index is 680. The van der Waals surface area contributed by atoms with Crippen LogP contribution in [0, 0.1) is 0 Å². The van der Waals surface area contributed by atoms with Gasteiger partial charge in [-0.05, 0) is 63.1 Å². The van der Waals surface area contributed by atoms with Gasteiger partial charge in [0.15, 0.2) is 6.29 Å². The normalized spacial score (nSPS) is 12.5. The number of aliphatic hydroxyl groups excluding tert-OH is 1. The molecule has 0 radical (unpaired) electrons. The smallest absolute Gasteiger partial charge is 0.152 e. The van der Waals surface area contributed by atoms with E-state index >= 15 is 0 Å². The molecule has 1 atom stereocenters. The molecule has 0 aliphatic heterocycles. The summed E-state index contributed by atoms with van der Waals surface area (Å²) in [5, 5.41) is 21.8. The van der Waals surface area contributed by atoms with Crippen LogP contribution in [0.1, 0.15) is 38.8 Å². The van der Waals surface area contributed by atoms with Crippen LogP contribution in [0.15, 0.2) is 48.5 Å². The summed E-state index contributed by atoms with van der Waals surface area (Å²) < 4.78 is 0. The minimum absolute atomic E-state index is 0.386. The van der Waals surface area contributed by atoms with Crippen LogP contribution in [0.5, 0.6) is 0 Å². The maximum Gasteiger partial charge on any atom is 0.152 e. The molecule has 0 aliphatic carbocycles. The van der Waals surface area contributed by atoms with Crippen molar-refractivity contribution in [3.8, 4) is 0 Å². The lowest BCUT2D eigenvalue weighted by Gasteiger charge is -2.32. The average Bonchev–Trinajstić information content (AvgIpc) is 2.75. The summed E-state index contributed by atoms with van der Waals surface area (Å²) in [5.41, 5.74) is 1.24. The van der Waals surface area contributed by atoms with Gasteiger partial charge in [-0.15, -0.1) is 0 Å². The molecule has 0 amide bonds. The Balaban J connectivity index is 2.45. The van der Waals surface area contributed by atoms with E-state index in [0.29, 0.717) is 17.4 Å². The first kappa shape index (κ1) is 21.9. The molecular weight excluding hydrogens is 352 g/mol. The number of carbonyl (C=O) groups excluding carboxylic acids is 1. The average molecular weight is 385 g/mol. The Kier molecular flexibility index (Phi) is 7.61. The minimum Gasteiger partial charge on any atom is -0.382 e. The largest absolute Gasteiger partial charge is 0.382 e. The SMILES string of the molecule is CCN(CC)c1ccc(C(O)(c2ccc(N(CC)CC)cc2)C(O)C=O)cc1. The highest BCUT2D eigenvalue weighted by atomic mass is 16.3. The third-order valence-corrected chi connectivity index (χ3v) is 5.43. The van der Waals surface area contributed by atoms with E-state index < -0.39 is 11.7 Å². The zero-order chi connectivity index (χ0) is 20.7. The number of nitrogens with zero attached hydrogens (tertiary/aromatic N) is 2. The van der Waals surface area contributed by atoms with Crippen LogP contribution in [0.3, 0.4) is 0 Å². The summed E-state index contributed by atoms with van der Waals surface area (Å²) in [6.07, 6.45) is -1.18. The summed E-state index contributed by atoms with van der Waals surface area (Å²) in [6.45, 7) is 11.9. The van der Waals surface area contributed by atoms with E-state index in [1.54, 1.807) is 24.3 Å². The third-order valence-electron chi connectivity index (χ3n) is 5.43. The van der Waals surface area contributed by atoms with Crippen LogP contribution in [0.25, 0.3) is 0 Å². The highest BCUT2D eigenvalue weighted by Gasteiger charge is 2.39. The zero-order valence-electron chi connectivity index (χ0n) is 17.3. The van der Waals surface area contributed by atoms with Crippen molar-refractivity contribution in [2.75, 3.05) is 36.0 Å². The van der Waals surface area contributed by atoms with Crippen LogP contribution in [-0.2, 0) is 10.4 Å². The van der Waals surface area contributed by atoms with E-state index in [4.69, 9.17) is 0 Å². The zero-order valence-corrected chi connectivity index (χ0v) is 17.3. The third kappa shape index (κ3) is 4.21. The lowest BCUT2D eigenvalue weighted by atomic mass is 9.82. The van der Waals surface area contributed by atoms with Gasteiger partial charge < -0.3 is 24.8 Å². The van der Waals surface area contributed by atoms with Crippen LogP contribution in [-0.4, -0.2) is 48.8 Å². The molecule has 5 nitrogen and oxygen atoms in total. The van der Waals surface area contributed by atoms with Gasteiger partial charge in [0.25, 0.3) is 0 Å². The molecule has 0 aromatic heterocycles. The number of benzene rings is 2. The predicted octanol–water partition coefficient (Wildman–Crippen LogP) is 3.17. The minimum atomic E-state index is -1.80. The highest BCUT2D eigenvalue weighted by molar-refractivity contribution is 5.63. The number of aliphatic hydroxyl groups is 2. The molecule has 1 unspecified atom stereocenters. The van der Waals surface area contributed by atoms with Gasteiger partial charge in [-0.3, -0.25) is 0 Å². The Morgan fingerprint density at radius 3 is 1.36 bits per heavy atom. The van der Waals surface area contributed by atoms with Crippen LogP contribution >= 0.6 is 0 Å². The van der Waals surface area contributed by atoms with Gasteiger partial charge >= 0.3 is 0 Å². The van der Waals surface area contributed by atoms with Gasteiger partial charge in [0.2, 0.25) is 0 Å². The molecule has 2 aromatic carbocycles. The molecule has 0 fully saturated rings. The van der Waals surface area contributed by atoms with E-state index in [0.717, 1.165) is 37.6 Å². The Hall–Kier alpha value is -2.37. The second-order valence-electron chi connectivity index (χ2n) is 6.79. The second kappa shape index (κ2) is 9.71. The van der Waals surface area contributed by atoms with Crippen molar-refractivity contribution in [1.82, 2.24) is 0 Å². The van der Waals surface area contributed by atoms with Crippen molar-refractivity contribution in [3.63, 3.8) is 0 Å². The van der Waals surface area contributed by atoms with Gasteiger partial charge in [-0.2, -0.15) is 0 Å². The van der Waals surface area contributed by atoms with E-state index in [2.05, 4.69) is 37.5 Å². The summed E-state index contributed by atoms with van der Waals surface area (Å²) in [7, 11) is 0. The molecule has 5 heteroatoms. The molecule has 2 rings (SSSR count). The van der Waals surface area contributed by atoms with Crippen molar-refractivity contribution >= 4 is 17.7 Å². The number of hydrogen-bond acceptors (Lipinski definition) is 5. The van der Waals surface area contributed by atoms with E-state index in [1.165, 1.54) is 0 Å². The summed E-state index contributed by atoms with van der Waals surface area (Å²) >= 11 is 0. The van der Waals surface area contributed by atoms with Gasteiger partial charge in [0.05, 0.1) is 0 Å². The lowest BCUT2D eigenvalue weighted by Crippen LogP contribution is -2.41. The Morgan fingerprint density at radius 1 is 0.786 bits per heavy atom. The maximum absolute atomic E-state index is 11.4. The van der Waals surface area contributed by atoms with Crippen LogP contribution in [0.4, 0.5) is 11.4 Å². The van der Waals surface area contributed by atoms with Gasteiger partial charge in [0.1, 0.15) is 11.7 Å². The number of rotatable bonds is 10. The first-order valence-corrected chi connectivity index (χ1v) is 10.0. The Labute approximate surface area is 168 Å². The number of carbonyl (C=O) groups is 1. The van der Waals surface area contributed by atoms with Crippen molar-refractivity contribution in [3.05, 3.63) is 59.7 Å². The molecule has 0 aliphatic rings.